The lowest BCUT2D eigenvalue weighted by Crippen LogP contribution is -2.02. The van der Waals surface area contributed by atoms with Crippen LogP contribution in [-0.4, -0.2) is 31.4 Å². The molecule has 1 aromatic rings. The summed E-state index contributed by atoms with van der Waals surface area (Å²) in [5.41, 5.74) is 0. The van der Waals surface area contributed by atoms with Gasteiger partial charge >= 0.3 is 0 Å². The number of nitrogens with zero attached hydrogens (tertiary/aromatic N) is 1. The topological polar surface area (TPSA) is 49.8 Å². The van der Waals surface area contributed by atoms with Crippen molar-refractivity contribution in [1.82, 2.24) is 4.98 Å². The van der Waals surface area contributed by atoms with E-state index < -0.39 is 0 Å². The normalized spacial score (nSPS) is 9.82. The quantitative estimate of drug-likeness (QED) is 0.387. The SMILES string of the molecule is C=COCCCCOc1ccc(OCCCCOC=C)nc1. The fourth-order valence-corrected chi connectivity index (χ4v) is 1.65. The van der Waals surface area contributed by atoms with E-state index in [0.29, 0.717) is 32.3 Å². The van der Waals surface area contributed by atoms with Gasteiger partial charge in [0, 0.05) is 6.07 Å². The van der Waals surface area contributed by atoms with Crippen LogP contribution in [-0.2, 0) is 9.47 Å². The zero-order valence-corrected chi connectivity index (χ0v) is 13.0. The highest BCUT2D eigenvalue weighted by molar-refractivity contribution is 5.22. The zero-order valence-electron chi connectivity index (χ0n) is 13.0. The van der Waals surface area contributed by atoms with E-state index in [1.54, 1.807) is 6.20 Å². The van der Waals surface area contributed by atoms with Crippen molar-refractivity contribution in [2.45, 2.75) is 25.7 Å². The van der Waals surface area contributed by atoms with Crippen molar-refractivity contribution in [2.75, 3.05) is 26.4 Å². The molecular formula is C17H25NO4. The molecule has 0 N–H and O–H groups in total. The van der Waals surface area contributed by atoms with Gasteiger partial charge in [-0.25, -0.2) is 4.98 Å². The predicted molar refractivity (Wildman–Crippen MR) is 86.0 cm³/mol. The molecule has 1 aromatic heterocycles. The van der Waals surface area contributed by atoms with E-state index in [2.05, 4.69) is 18.1 Å². The molecule has 0 amide bonds. The van der Waals surface area contributed by atoms with Crippen LogP contribution in [0.4, 0.5) is 0 Å². The minimum absolute atomic E-state index is 0.608. The first-order chi connectivity index (χ1) is 10.9. The molecule has 0 atom stereocenters. The summed E-state index contributed by atoms with van der Waals surface area (Å²) in [6, 6.07) is 3.68. The third-order valence-corrected chi connectivity index (χ3v) is 2.78. The van der Waals surface area contributed by atoms with Crippen molar-refractivity contribution in [1.29, 1.82) is 0 Å². The Labute approximate surface area is 132 Å². The second-order valence-electron chi connectivity index (χ2n) is 4.52. The summed E-state index contributed by atoms with van der Waals surface area (Å²) in [5.74, 6) is 1.35. The standard InChI is InChI=1S/C17H25NO4/c1-3-19-11-5-7-13-21-16-9-10-17(18-15-16)22-14-8-6-12-20-4-2/h3-4,9-10,15H,1-2,5-8,11-14H2. The van der Waals surface area contributed by atoms with E-state index in [4.69, 9.17) is 18.9 Å². The van der Waals surface area contributed by atoms with E-state index in [1.807, 2.05) is 12.1 Å². The maximum absolute atomic E-state index is 5.59. The Morgan fingerprint density at radius 2 is 1.41 bits per heavy atom. The Morgan fingerprint density at radius 1 is 0.818 bits per heavy atom. The first-order valence-electron chi connectivity index (χ1n) is 7.53. The maximum Gasteiger partial charge on any atom is 0.213 e. The molecule has 0 saturated carbocycles. The average molecular weight is 307 g/mol. The average Bonchev–Trinajstić information content (AvgIpc) is 2.55. The molecule has 0 aliphatic carbocycles. The molecular weight excluding hydrogens is 282 g/mol. The van der Waals surface area contributed by atoms with Crippen molar-refractivity contribution in [3.05, 3.63) is 44.0 Å². The van der Waals surface area contributed by atoms with E-state index in [-0.39, 0.29) is 0 Å². The predicted octanol–water partition coefficient (Wildman–Crippen LogP) is 3.72. The fraction of sp³-hybridized carbons (Fsp3) is 0.471. The third kappa shape index (κ3) is 8.89. The molecule has 0 bridgehead atoms. The van der Waals surface area contributed by atoms with Crippen LogP contribution in [0.25, 0.3) is 0 Å². The summed E-state index contributed by atoms with van der Waals surface area (Å²) in [7, 11) is 0. The largest absolute Gasteiger partial charge is 0.502 e. The minimum Gasteiger partial charge on any atom is -0.502 e. The van der Waals surface area contributed by atoms with E-state index in [1.165, 1.54) is 12.5 Å². The maximum atomic E-state index is 5.59. The minimum atomic E-state index is 0.608. The van der Waals surface area contributed by atoms with E-state index >= 15 is 0 Å². The number of hydrogen-bond acceptors (Lipinski definition) is 5. The molecule has 122 valence electrons. The second-order valence-corrected chi connectivity index (χ2v) is 4.52. The summed E-state index contributed by atoms with van der Waals surface area (Å²) >= 11 is 0. The van der Waals surface area contributed by atoms with Crippen LogP contribution in [0.15, 0.2) is 44.0 Å². The highest BCUT2D eigenvalue weighted by Crippen LogP contribution is 2.14. The van der Waals surface area contributed by atoms with Crippen molar-refractivity contribution < 1.29 is 18.9 Å². The molecule has 0 aromatic carbocycles. The van der Waals surface area contributed by atoms with Gasteiger partial charge < -0.3 is 18.9 Å². The van der Waals surface area contributed by atoms with Gasteiger partial charge in [-0.2, -0.15) is 0 Å². The van der Waals surface area contributed by atoms with Crippen molar-refractivity contribution in [3.63, 3.8) is 0 Å². The van der Waals surface area contributed by atoms with Crippen LogP contribution in [0.5, 0.6) is 11.6 Å². The highest BCUT2D eigenvalue weighted by atomic mass is 16.5. The van der Waals surface area contributed by atoms with Crippen molar-refractivity contribution in [2.24, 2.45) is 0 Å². The molecule has 0 unspecified atom stereocenters. The monoisotopic (exact) mass is 307 g/mol. The van der Waals surface area contributed by atoms with Gasteiger partial charge in [0.1, 0.15) is 5.75 Å². The molecule has 0 fully saturated rings. The van der Waals surface area contributed by atoms with Gasteiger partial charge in [0.15, 0.2) is 0 Å². The van der Waals surface area contributed by atoms with Crippen LogP contribution < -0.4 is 9.47 Å². The Bertz CT molecular complexity index is 367. The Balaban J connectivity index is 2.09. The first kappa shape index (κ1) is 17.9. The van der Waals surface area contributed by atoms with Crippen molar-refractivity contribution >= 4 is 0 Å². The number of pyridine rings is 1. The molecule has 5 heteroatoms. The van der Waals surface area contributed by atoms with Crippen LogP contribution >= 0.6 is 0 Å². The lowest BCUT2D eigenvalue weighted by atomic mass is 10.3. The third-order valence-electron chi connectivity index (χ3n) is 2.78. The molecule has 1 heterocycles. The number of hydrogen-bond donors (Lipinski definition) is 0. The molecule has 0 aliphatic heterocycles. The highest BCUT2D eigenvalue weighted by Gasteiger charge is 1.98. The zero-order chi connectivity index (χ0) is 15.9. The summed E-state index contributed by atoms with van der Waals surface area (Å²) in [5, 5.41) is 0. The molecule has 0 aliphatic rings. The van der Waals surface area contributed by atoms with Gasteiger partial charge in [0.2, 0.25) is 5.88 Å². The summed E-state index contributed by atoms with van der Waals surface area (Å²) < 4.78 is 21.2. The Kier molecular flexibility index (Phi) is 10.2. The van der Waals surface area contributed by atoms with Gasteiger partial charge in [0.05, 0.1) is 45.1 Å². The smallest absolute Gasteiger partial charge is 0.213 e. The van der Waals surface area contributed by atoms with Crippen LogP contribution in [0.3, 0.4) is 0 Å². The number of unbranched alkanes of at least 4 members (excludes halogenated alkanes) is 2. The summed E-state index contributed by atoms with van der Waals surface area (Å²) in [4.78, 5) is 4.21. The fourth-order valence-electron chi connectivity index (χ4n) is 1.65. The van der Waals surface area contributed by atoms with Crippen LogP contribution in [0, 0.1) is 0 Å². The Morgan fingerprint density at radius 3 is 1.95 bits per heavy atom. The molecule has 0 spiro atoms. The van der Waals surface area contributed by atoms with Gasteiger partial charge in [-0.15, -0.1) is 0 Å². The van der Waals surface area contributed by atoms with E-state index in [9.17, 15) is 0 Å². The molecule has 5 nitrogen and oxygen atoms in total. The first-order valence-corrected chi connectivity index (χ1v) is 7.53. The number of ether oxygens (including phenoxy) is 4. The lowest BCUT2D eigenvalue weighted by Gasteiger charge is -2.08. The van der Waals surface area contributed by atoms with Crippen molar-refractivity contribution in [3.8, 4) is 11.6 Å². The summed E-state index contributed by atoms with van der Waals surface area (Å²) in [6.07, 6.45) is 8.30. The molecule has 0 saturated heterocycles. The van der Waals surface area contributed by atoms with Crippen LogP contribution in [0.1, 0.15) is 25.7 Å². The molecule has 22 heavy (non-hydrogen) atoms. The van der Waals surface area contributed by atoms with E-state index in [0.717, 1.165) is 31.4 Å². The second kappa shape index (κ2) is 12.6. The molecule has 1 rings (SSSR count). The molecule has 0 radical (unpaired) electrons. The summed E-state index contributed by atoms with van der Waals surface area (Å²) in [6.45, 7) is 9.59. The van der Waals surface area contributed by atoms with Gasteiger partial charge in [-0.3, -0.25) is 0 Å². The number of aromatic nitrogens is 1. The Hall–Kier alpha value is -2.17. The lowest BCUT2D eigenvalue weighted by molar-refractivity contribution is 0.222. The van der Waals surface area contributed by atoms with Gasteiger partial charge in [-0.1, -0.05) is 13.2 Å². The van der Waals surface area contributed by atoms with Gasteiger partial charge in [-0.05, 0) is 31.7 Å². The number of rotatable bonds is 14. The van der Waals surface area contributed by atoms with Crippen LogP contribution in [0.2, 0.25) is 0 Å². The van der Waals surface area contributed by atoms with Gasteiger partial charge in [0.25, 0.3) is 0 Å².